The molecular formula is C13H18N4O3. The molecule has 20 heavy (non-hydrogen) atoms. The zero-order valence-electron chi connectivity index (χ0n) is 11.8. The van der Waals surface area contributed by atoms with Crippen LogP contribution in [0.15, 0.2) is 21.9 Å². The topological polar surface area (TPSA) is 80.4 Å². The molecule has 1 N–H and O–H groups in total. The summed E-state index contributed by atoms with van der Waals surface area (Å²) in [5.74, 6) is 0. The number of aryl methyl sites for hydroxylation is 1. The molecule has 7 nitrogen and oxygen atoms in total. The van der Waals surface area contributed by atoms with E-state index >= 15 is 0 Å². The number of aliphatic hydroxyl groups is 1. The van der Waals surface area contributed by atoms with E-state index in [0.717, 1.165) is 4.57 Å². The van der Waals surface area contributed by atoms with E-state index in [9.17, 15) is 9.59 Å². The summed E-state index contributed by atoms with van der Waals surface area (Å²) in [6.07, 6.45) is 1.57. The maximum absolute atomic E-state index is 12.4. The maximum atomic E-state index is 12.4. The van der Waals surface area contributed by atoms with Crippen molar-refractivity contribution in [3.05, 3.63) is 33.1 Å². The van der Waals surface area contributed by atoms with Crippen LogP contribution in [-0.2, 0) is 14.1 Å². The fourth-order valence-corrected chi connectivity index (χ4v) is 2.30. The number of hydrogen-bond acceptors (Lipinski definition) is 5. The van der Waals surface area contributed by atoms with Crippen molar-refractivity contribution < 1.29 is 5.11 Å². The van der Waals surface area contributed by atoms with E-state index in [1.165, 1.54) is 11.6 Å². The maximum Gasteiger partial charge on any atom is 0.332 e. The summed E-state index contributed by atoms with van der Waals surface area (Å²) >= 11 is 0. The second kappa shape index (κ2) is 5.46. The van der Waals surface area contributed by atoms with Crippen LogP contribution >= 0.6 is 0 Å². The molecule has 0 aliphatic carbocycles. The molecule has 0 aromatic carbocycles. The Bertz CT molecular complexity index is 748. The van der Waals surface area contributed by atoms with Gasteiger partial charge in [-0.2, -0.15) is 0 Å². The summed E-state index contributed by atoms with van der Waals surface area (Å²) < 4.78 is 2.42. The van der Waals surface area contributed by atoms with Gasteiger partial charge in [0.2, 0.25) is 0 Å². The van der Waals surface area contributed by atoms with Crippen molar-refractivity contribution in [1.82, 2.24) is 14.1 Å². The Morgan fingerprint density at radius 2 is 2.00 bits per heavy atom. The van der Waals surface area contributed by atoms with E-state index in [-0.39, 0.29) is 12.2 Å². The summed E-state index contributed by atoms with van der Waals surface area (Å²) in [4.78, 5) is 30.3. The van der Waals surface area contributed by atoms with Crippen molar-refractivity contribution in [2.75, 3.05) is 24.6 Å². The number of aliphatic hydroxyl groups excluding tert-OH is 1. The van der Waals surface area contributed by atoms with Crippen LogP contribution in [0.3, 0.4) is 0 Å². The molecule has 2 rings (SSSR count). The summed E-state index contributed by atoms with van der Waals surface area (Å²) in [5.41, 5.74) is 0.259. The second-order valence-corrected chi connectivity index (χ2v) is 4.54. The lowest BCUT2D eigenvalue weighted by Gasteiger charge is -2.23. The molecule has 0 aliphatic heterocycles. The van der Waals surface area contributed by atoms with Crippen LogP contribution in [0.5, 0.6) is 0 Å². The van der Waals surface area contributed by atoms with Crippen molar-refractivity contribution in [1.29, 1.82) is 0 Å². The van der Waals surface area contributed by atoms with Crippen LogP contribution in [0.4, 0.5) is 5.69 Å². The third-order valence-electron chi connectivity index (χ3n) is 3.41. The predicted octanol–water partition coefficient (Wildman–Crippen LogP) is -0.549. The van der Waals surface area contributed by atoms with Gasteiger partial charge in [-0.1, -0.05) is 0 Å². The molecule has 0 amide bonds. The SMILES string of the molecule is CCN(CCO)c1ccnc2c1c(=O)n(C)c(=O)n2C. The number of likely N-dealkylation sites (N-methyl/N-ethyl adjacent to an activating group) is 1. The first-order chi connectivity index (χ1) is 9.52. The Hall–Kier alpha value is -2.15. The number of anilines is 1. The van der Waals surface area contributed by atoms with E-state index in [2.05, 4.69) is 4.98 Å². The molecule has 0 spiro atoms. The smallest absolute Gasteiger partial charge is 0.332 e. The quantitative estimate of drug-likeness (QED) is 0.811. The standard InChI is InChI=1S/C13H18N4O3/c1-4-17(7-8-18)9-5-6-14-11-10(9)12(19)16(3)13(20)15(11)2/h5-6,18H,4,7-8H2,1-3H3. The van der Waals surface area contributed by atoms with Crippen molar-refractivity contribution in [2.45, 2.75) is 6.92 Å². The molecule has 7 heteroatoms. The Morgan fingerprint density at radius 3 is 2.60 bits per heavy atom. The highest BCUT2D eigenvalue weighted by atomic mass is 16.3. The first-order valence-electron chi connectivity index (χ1n) is 6.43. The van der Waals surface area contributed by atoms with Crippen LogP contribution in [0, 0.1) is 0 Å². The second-order valence-electron chi connectivity index (χ2n) is 4.54. The minimum absolute atomic E-state index is 0.0102. The summed E-state index contributed by atoms with van der Waals surface area (Å²) in [7, 11) is 3.03. The number of nitrogens with zero attached hydrogens (tertiary/aromatic N) is 4. The van der Waals surface area contributed by atoms with Crippen molar-refractivity contribution in [3.8, 4) is 0 Å². The van der Waals surface area contributed by atoms with Crippen LogP contribution < -0.4 is 16.1 Å². The largest absolute Gasteiger partial charge is 0.395 e. The average Bonchev–Trinajstić information content (AvgIpc) is 2.47. The molecule has 0 aliphatic rings. The van der Waals surface area contributed by atoms with Gasteiger partial charge in [0.1, 0.15) is 5.39 Å². The van der Waals surface area contributed by atoms with Gasteiger partial charge in [-0.05, 0) is 13.0 Å². The van der Waals surface area contributed by atoms with E-state index in [4.69, 9.17) is 5.11 Å². The lowest BCUT2D eigenvalue weighted by molar-refractivity contribution is 0.302. The van der Waals surface area contributed by atoms with E-state index in [0.29, 0.717) is 29.8 Å². The molecule has 0 fully saturated rings. The Kier molecular flexibility index (Phi) is 3.89. The van der Waals surface area contributed by atoms with Gasteiger partial charge in [0.05, 0.1) is 12.3 Å². The van der Waals surface area contributed by atoms with Crippen molar-refractivity contribution in [3.63, 3.8) is 0 Å². The molecule has 0 saturated carbocycles. The lowest BCUT2D eigenvalue weighted by atomic mass is 10.2. The van der Waals surface area contributed by atoms with Crippen LogP contribution in [-0.4, -0.2) is 38.9 Å². The minimum atomic E-state index is -0.405. The molecule has 2 aromatic rings. The first-order valence-corrected chi connectivity index (χ1v) is 6.43. The van der Waals surface area contributed by atoms with Crippen LogP contribution in [0.25, 0.3) is 11.0 Å². The van der Waals surface area contributed by atoms with Crippen LogP contribution in [0.1, 0.15) is 6.92 Å². The molecule has 0 bridgehead atoms. The highest BCUT2D eigenvalue weighted by Gasteiger charge is 2.16. The fourth-order valence-electron chi connectivity index (χ4n) is 2.30. The van der Waals surface area contributed by atoms with Gasteiger partial charge in [-0.15, -0.1) is 0 Å². The average molecular weight is 278 g/mol. The highest BCUT2D eigenvalue weighted by molar-refractivity contribution is 5.88. The third-order valence-corrected chi connectivity index (χ3v) is 3.41. The van der Waals surface area contributed by atoms with E-state index < -0.39 is 5.69 Å². The lowest BCUT2D eigenvalue weighted by Crippen LogP contribution is -2.38. The number of hydrogen-bond donors (Lipinski definition) is 1. The molecule has 0 saturated heterocycles. The Balaban J connectivity index is 2.88. The molecule has 2 aromatic heterocycles. The number of pyridine rings is 1. The Morgan fingerprint density at radius 1 is 1.30 bits per heavy atom. The highest BCUT2D eigenvalue weighted by Crippen LogP contribution is 2.20. The fraction of sp³-hybridized carbons (Fsp3) is 0.462. The molecule has 108 valence electrons. The number of rotatable bonds is 4. The van der Waals surface area contributed by atoms with Gasteiger partial charge in [0.15, 0.2) is 5.65 Å². The van der Waals surface area contributed by atoms with Gasteiger partial charge in [-0.3, -0.25) is 13.9 Å². The molecule has 2 heterocycles. The normalized spacial score (nSPS) is 11.0. The summed E-state index contributed by atoms with van der Waals surface area (Å²) in [5, 5.41) is 9.52. The molecule has 0 radical (unpaired) electrons. The van der Waals surface area contributed by atoms with Gasteiger partial charge in [-0.25, -0.2) is 9.78 Å². The van der Waals surface area contributed by atoms with E-state index in [1.54, 1.807) is 19.3 Å². The predicted molar refractivity (Wildman–Crippen MR) is 77.2 cm³/mol. The third kappa shape index (κ3) is 2.09. The van der Waals surface area contributed by atoms with Crippen molar-refractivity contribution >= 4 is 16.7 Å². The number of fused-ring (bicyclic) bond motifs is 1. The summed E-state index contributed by atoms with van der Waals surface area (Å²) in [6.45, 7) is 2.99. The Labute approximate surface area is 115 Å². The molecular weight excluding hydrogens is 260 g/mol. The monoisotopic (exact) mass is 278 g/mol. The van der Waals surface area contributed by atoms with Crippen LogP contribution in [0.2, 0.25) is 0 Å². The zero-order valence-corrected chi connectivity index (χ0v) is 11.8. The van der Waals surface area contributed by atoms with Gasteiger partial charge < -0.3 is 10.0 Å². The minimum Gasteiger partial charge on any atom is -0.395 e. The van der Waals surface area contributed by atoms with Gasteiger partial charge in [0, 0.05) is 33.4 Å². The number of aromatic nitrogens is 3. The van der Waals surface area contributed by atoms with Crippen molar-refractivity contribution in [2.24, 2.45) is 14.1 Å². The summed E-state index contributed by atoms with van der Waals surface area (Å²) in [6, 6.07) is 1.73. The van der Waals surface area contributed by atoms with Gasteiger partial charge in [0.25, 0.3) is 5.56 Å². The molecule has 0 atom stereocenters. The zero-order chi connectivity index (χ0) is 14.9. The first kappa shape index (κ1) is 14.3. The molecule has 0 unspecified atom stereocenters. The van der Waals surface area contributed by atoms with E-state index in [1.807, 2.05) is 11.8 Å². The van der Waals surface area contributed by atoms with Gasteiger partial charge >= 0.3 is 5.69 Å².